The van der Waals surface area contributed by atoms with Crippen molar-refractivity contribution in [2.24, 2.45) is 0 Å². The molecule has 1 N–H and O–H groups in total. The number of pyridine rings is 2. The Kier molecular flexibility index (Phi) is 6.14. The van der Waals surface area contributed by atoms with Crippen LogP contribution in [0.1, 0.15) is 28.4 Å². The van der Waals surface area contributed by atoms with Crippen molar-refractivity contribution in [1.29, 1.82) is 0 Å². The topological polar surface area (TPSA) is 81.1 Å². The molecule has 7 heteroatoms. The van der Waals surface area contributed by atoms with Crippen LogP contribution >= 0.6 is 11.6 Å². The van der Waals surface area contributed by atoms with Crippen LogP contribution in [0, 0.1) is 0 Å². The molecule has 2 heterocycles. The maximum absolute atomic E-state index is 13.1. The molecule has 0 fully saturated rings. The van der Waals surface area contributed by atoms with Gasteiger partial charge in [0.2, 0.25) is 11.3 Å². The lowest BCUT2D eigenvalue weighted by atomic mass is 10.0. The number of aromatic nitrogens is 2. The largest absolute Gasteiger partial charge is 0.337 e. The average Bonchev–Trinajstić information content (AvgIpc) is 2.81. The van der Waals surface area contributed by atoms with E-state index in [1.54, 1.807) is 28.8 Å². The molecule has 0 aliphatic heterocycles. The van der Waals surface area contributed by atoms with Crippen LogP contribution in [0.2, 0.25) is 5.02 Å². The molecular weight excluding hydrogens is 426 g/mol. The molecule has 0 radical (unpaired) electrons. The van der Waals surface area contributed by atoms with Crippen molar-refractivity contribution in [1.82, 2.24) is 9.55 Å². The van der Waals surface area contributed by atoms with Crippen LogP contribution in [-0.4, -0.2) is 21.2 Å². The summed E-state index contributed by atoms with van der Waals surface area (Å²) >= 11 is 6.11. The van der Waals surface area contributed by atoms with Crippen LogP contribution in [0.15, 0.2) is 78.0 Å². The summed E-state index contributed by atoms with van der Waals surface area (Å²) < 4.78 is 1.59. The van der Waals surface area contributed by atoms with Crippen molar-refractivity contribution in [3.63, 3.8) is 0 Å². The molecule has 1 amide bonds. The van der Waals surface area contributed by atoms with Crippen molar-refractivity contribution in [3.05, 3.63) is 105 Å². The van der Waals surface area contributed by atoms with Crippen LogP contribution in [-0.2, 0) is 17.8 Å². The molecule has 0 spiro atoms. The number of anilines is 1. The molecule has 2 aromatic carbocycles. The number of carbonyl (C=O) groups excluding carboxylic acids is 2. The summed E-state index contributed by atoms with van der Waals surface area (Å²) in [4.78, 5) is 42.7. The number of hydrogen-bond donors (Lipinski definition) is 1. The third-order valence-corrected chi connectivity index (χ3v) is 5.42. The van der Waals surface area contributed by atoms with Gasteiger partial charge >= 0.3 is 0 Å². The number of aryl methyl sites for hydroxylation is 1. The molecular formula is C25H20ClN3O3. The summed E-state index contributed by atoms with van der Waals surface area (Å²) in [5, 5.41) is 3.50. The summed E-state index contributed by atoms with van der Waals surface area (Å²) in [6.07, 6.45) is 5.32. The zero-order chi connectivity index (χ0) is 22.7. The van der Waals surface area contributed by atoms with Crippen molar-refractivity contribution < 1.29 is 9.59 Å². The second-order valence-corrected chi connectivity index (χ2v) is 7.76. The van der Waals surface area contributed by atoms with E-state index >= 15 is 0 Å². The van der Waals surface area contributed by atoms with E-state index < -0.39 is 11.2 Å². The first kappa shape index (κ1) is 21.5. The number of rotatable bonds is 6. The fraction of sp³-hybridized carbons (Fsp3) is 0.120. The highest BCUT2D eigenvalue weighted by molar-refractivity contribution is 6.31. The van der Waals surface area contributed by atoms with E-state index in [2.05, 4.69) is 17.2 Å². The van der Waals surface area contributed by atoms with Gasteiger partial charge in [-0.3, -0.25) is 19.4 Å². The van der Waals surface area contributed by atoms with Crippen molar-refractivity contribution in [3.8, 4) is 0 Å². The quantitative estimate of drug-likeness (QED) is 0.443. The number of hydrogen-bond acceptors (Lipinski definition) is 4. The lowest BCUT2D eigenvalue weighted by Gasteiger charge is -2.14. The molecule has 0 bridgehead atoms. The summed E-state index contributed by atoms with van der Waals surface area (Å²) in [6.45, 7) is 1.98. The van der Waals surface area contributed by atoms with Crippen LogP contribution in [0.5, 0.6) is 0 Å². The van der Waals surface area contributed by atoms with Crippen LogP contribution in [0.4, 0.5) is 5.69 Å². The monoisotopic (exact) mass is 445 g/mol. The second-order valence-electron chi connectivity index (χ2n) is 7.32. The number of nitrogens with one attached hydrogen (secondary N) is 1. The predicted molar refractivity (Wildman–Crippen MR) is 125 cm³/mol. The van der Waals surface area contributed by atoms with Gasteiger partial charge < -0.3 is 9.88 Å². The predicted octanol–water partition coefficient (Wildman–Crippen LogP) is 4.48. The minimum atomic E-state index is -0.441. The third-order valence-electron chi connectivity index (χ3n) is 5.19. The first-order chi connectivity index (χ1) is 15.5. The van der Waals surface area contributed by atoms with Gasteiger partial charge in [-0.05, 0) is 54.4 Å². The first-order valence-electron chi connectivity index (χ1n) is 10.1. The van der Waals surface area contributed by atoms with E-state index in [-0.39, 0.29) is 23.4 Å². The highest BCUT2D eigenvalue weighted by atomic mass is 35.5. The van der Waals surface area contributed by atoms with Crippen LogP contribution in [0.25, 0.3) is 10.9 Å². The number of carbonyl (C=O) groups is 2. The van der Waals surface area contributed by atoms with Gasteiger partial charge in [-0.15, -0.1) is 0 Å². The molecule has 4 rings (SSSR count). The summed E-state index contributed by atoms with van der Waals surface area (Å²) in [5.74, 6) is -0.722. The molecule has 4 aromatic rings. The Labute approximate surface area is 189 Å². The SMILES string of the molecule is CCc1ccc(NC(=O)Cn2cc(C(=O)c3ccncc3)c(=O)c3cc(Cl)ccc32)cc1. The number of benzene rings is 2. The van der Waals surface area contributed by atoms with Gasteiger partial charge in [0.25, 0.3) is 0 Å². The Balaban J connectivity index is 1.72. The normalized spacial score (nSPS) is 10.8. The number of amides is 1. The van der Waals surface area contributed by atoms with Gasteiger partial charge in [0.15, 0.2) is 5.78 Å². The Hall–Kier alpha value is -3.77. The molecule has 2 aromatic heterocycles. The van der Waals surface area contributed by atoms with E-state index in [1.165, 1.54) is 30.2 Å². The molecule has 6 nitrogen and oxygen atoms in total. The average molecular weight is 446 g/mol. The number of fused-ring (bicyclic) bond motifs is 1. The Morgan fingerprint density at radius 3 is 2.44 bits per heavy atom. The van der Waals surface area contributed by atoms with E-state index in [0.29, 0.717) is 21.8 Å². The lowest BCUT2D eigenvalue weighted by Crippen LogP contribution is -2.24. The van der Waals surface area contributed by atoms with E-state index in [9.17, 15) is 14.4 Å². The van der Waals surface area contributed by atoms with E-state index in [4.69, 9.17) is 11.6 Å². The third kappa shape index (κ3) is 4.45. The summed E-state index contributed by atoms with van der Waals surface area (Å²) in [7, 11) is 0. The fourth-order valence-corrected chi connectivity index (χ4v) is 3.67. The molecule has 160 valence electrons. The van der Waals surface area contributed by atoms with Gasteiger partial charge in [-0.25, -0.2) is 0 Å². The van der Waals surface area contributed by atoms with Crippen molar-refractivity contribution in [2.75, 3.05) is 5.32 Å². The highest BCUT2D eigenvalue weighted by Gasteiger charge is 2.18. The number of ketones is 1. The minimum Gasteiger partial charge on any atom is -0.337 e. The lowest BCUT2D eigenvalue weighted by molar-refractivity contribution is -0.116. The van der Waals surface area contributed by atoms with Gasteiger partial charge in [0, 0.05) is 40.3 Å². The molecule has 32 heavy (non-hydrogen) atoms. The Bertz CT molecular complexity index is 1360. The van der Waals surface area contributed by atoms with Gasteiger partial charge in [-0.2, -0.15) is 0 Å². The summed E-state index contributed by atoms with van der Waals surface area (Å²) in [5.41, 5.74) is 2.23. The summed E-state index contributed by atoms with van der Waals surface area (Å²) in [6, 6.07) is 15.5. The molecule has 0 unspecified atom stereocenters. The Morgan fingerprint density at radius 2 is 1.75 bits per heavy atom. The first-order valence-corrected chi connectivity index (χ1v) is 10.5. The van der Waals surface area contributed by atoms with Crippen molar-refractivity contribution >= 4 is 39.9 Å². The standard InChI is InChI=1S/C25H20ClN3O3/c1-2-16-3-6-19(7-4-16)28-23(30)15-29-14-21(24(31)17-9-11-27-12-10-17)25(32)20-13-18(26)5-8-22(20)29/h3-14H,2,15H2,1H3,(H,28,30). The minimum absolute atomic E-state index is 0.0361. The smallest absolute Gasteiger partial charge is 0.244 e. The number of nitrogens with zero attached hydrogens (tertiary/aromatic N) is 2. The maximum Gasteiger partial charge on any atom is 0.244 e. The van der Waals surface area contributed by atoms with Crippen molar-refractivity contribution in [2.45, 2.75) is 19.9 Å². The fourth-order valence-electron chi connectivity index (χ4n) is 3.50. The van der Waals surface area contributed by atoms with E-state index in [1.807, 2.05) is 24.3 Å². The van der Waals surface area contributed by atoms with E-state index in [0.717, 1.165) is 6.42 Å². The molecule has 0 saturated heterocycles. The maximum atomic E-state index is 13.1. The Morgan fingerprint density at radius 1 is 1.03 bits per heavy atom. The molecule has 0 saturated carbocycles. The molecule has 0 atom stereocenters. The zero-order valence-corrected chi connectivity index (χ0v) is 18.1. The molecule has 0 aliphatic rings. The van der Waals surface area contributed by atoms with Gasteiger partial charge in [-0.1, -0.05) is 30.7 Å². The second kappa shape index (κ2) is 9.16. The van der Waals surface area contributed by atoms with Gasteiger partial charge in [0.1, 0.15) is 6.54 Å². The zero-order valence-electron chi connectivity index (χ0n) is 17.3. The highest BCUT2D eigenvalue weighted by Crippen LogP contribution is 2.19. The van der Waals surface area contributed by atoms with Crippen LogP contribution < -0.4 is 10.7 Å². The van der Waals surface area contributed by atoms with Crippen LogP contribution in [0.3, 0.4) is 0 Å². The number of halogens is 1. The molecule has 0 aliphatic carbocycles. The van der Waals surface area contributed by atoms with Gasteiger partial charge in [0.05, 0.1) is 11.1 Å².